The molecule has 4 N–H and O–H groups in total. The first-order chi connectivity index (χ1) is 12.2. The summed E-state index contributed by atoms with van der Waals surface area (Å²) in [6.45, 7) is 6.00. The zero-order chi connectivity index (χ0) is 17.2. The minimum atomic E-state index is 0.197. The predicted octanol–water partition coefficient (Wildman–Crippen LogP) is 1.49. The fraction of sp³-hybridized carbons (Fsp3) is 0.556. The van der Waals surface area contributed by atoms with Crippen LogP contribution >= 0.6 is 0 Å². The molecule has 0 bridgehead atoms. The average molecular weight is 341 g/mol. The number of nitrogens with zero attached hydrogens (tertiary/aromatic N) is 5. The van der Waals surface area contributed by atoms with E-state index in [1.165, 1.54) is 57.4 Å². The molecular weight excluding hydrogens is 314 g/mol. The molecule has 2 saturated heterocycles. The monoisotopic (exact) mass is 341 g/mol. The van der Waals surface area contributed by atoms with Crippen molar-refractivity contribution in [2.45, 2.75) is 38.3 Å². The van der Waals surface area contributed by atoms with Crippen LogP contribution in [0, 0.1) is 0 Å². The van der Waals surface area contributed by atoms with Crippen LogP contribution in [0.1, 0.15) is 31.2 Å². The molecule has 2 fully saturated rings. The topological polar surface area (TPSA) is 89.2 Å². The summed E-state index contributed by atoms with van der Waals surface area (Å²) in [7, 11) is 0. The maximum atomic E-state index is 5.82. The number of likely N-dealkylation sites (tertiary alicyclic amines) is 2. The quantitative estimate of drug-likeness (QED) is 0.876. The van der Waals surface area contributed by atoms with Gasteiger partial charge < -0.3 is 16.4 Å². The van der Waals surface area contributed by atoms with E-state index in [-0.39, 0.29) is 5.95 Å². The first-order valence-corrected chi connectivity index (χ1v) is 9.23. The third kappa shape index (κ3) is 3.62. The number of rotatable bonds is 4. The molecule has 0 radical (unpaired) electrons. The average Bonchev–Trinajstić information content (AvgIpc) is 3.26. The largest absolute Gasteiger partial charge is 0.368 e. The number of nitrogens with two attached hydrogens (primary N) is 2. The van der Waals surface area contributed by atoms with Gasteiger partial charge in [-0.05, 0) is 69.6 Å². The lowest BCUT2D eigenvalue weighted by atomic mass is 10.0. The number of piperidine rings is 1. The molecule has 1 aromatic carbocycles. The third-order valence-electron chi connectivity index (χ3n) is 5.45. The normalized spacial score (nSPS) is 20.3. The summed E-state index contributed by atoms with van der Waals surface area (Å²) in [5, 5.41) is 4.12. The number of benzene rings is 1. The van der Waals surface area contributed by atoms with Crippen molar-refractivity contribution in [3.05, 3.63) is 29.8 Å². The minimum absolute atomic E-state index is 0.197. The molecule has 25 heavy (non-hydrogen) atoms. The number of hydrogen-bond acceptors (Lipinski definition) is 6. The van der Waals surface area contributed by atoms with Gasteiger partial charge in [-0.3, -0.25) is 4.90 Å². The molecule has 3 heterocycles. The molecular formula is C18H27N7. The van der Waals surface area contributed by atoms with Gasteiger partial charge >= 0.3 is 0 Å². The molecule has 0 atom stereocenters. The zero-order valence-corrected chi connectivity index (χ0v) is 14.6. The van der Waals surface area contributed by atoms with Crippen LogP contribution < -0.4 is 11.5 Å². The second kappa shape index (κ2) is 7.01. The Morgan fingerprint density at radius 2 is 1.64 bits per heavy atom. The van der Waals surface area contributed by atoms with Gasteiger partial charge in [-0.1, -0.05) is 12.1 Å². The van der Waals surface area contributed by atoms with Crippen molar-refractivity contribution in [2.24, 2.45) is 0 Å². The molecule has 0 aliphatic carbocycles. The standard InChI is InChI=1S/C18H27N7/c19-17-21-18(20)25(22-17)16-5-3-14(4-6-16)13-23-11-7-15(8-12-23)24-9-1-2-10-24/h3-6,15H,1-2,7-13H2,(H4,19,20,21,22). The van der Waals surface area contributed by atoms with Crippen molar-refractivity contribution in [1.29, 1.82) is 0 Å². The highest BCUT2D eigenvalue weighted by Gasteiger charge is 2.26. The summed E-state index contributed by atoms with van der Waals surface area (Å²) in [6, 6.07) is 9.13. The zero-order valence-electron chi connectivity index (χ0n) is 14.6. The summed E-state index contributed by atoms with van der Waals surface area (Å²) >= 11 is 0. The van der Waals surface area contributed by atoms with Crippen molar-refractivity contribution in [3.63, 3.8) is 0 Å². The molecule has 1 aromatic heterocycles. The Kier molecular flexibility index (Phi) is 4.59. The molecule has 0 unspecified atom stereocenters. The van der Waals surface area contributed by atoms with Crippen LogP contribution in [-0.4, -0.2) is 56.8 Å². The van der Waals surface area contributed by atoms with Crippen molar-refractivity contribution < 1.29 is 0 Å². The van der Waals surface area contributed by atoms with Crippen LogP contribution in [0.2, 0.25) is 0 Å². The van der Waals surface area contributed by atoms with Crippen LogP contribution in [0.3, 0.4) is 0 Å². The fourth-order valence-corrected chi connectivity index (χ4v) is 4.08. The Labute approximate surface area is 148 Å². The van der Waals surface area contributed by atoms with Gasteiger partial charge in [-0.25, -0.2) is 0 Å². The van der Waals surface area contributed by atoms with Crippen LogP contribution in [0.15, 0.2) is 24.3 Å². The van der Waals surface area contributed by atoms with Gasteiger partial charge in [0.1, 0.15) is 0 Å². The van der Waals surface area contributed by atoms with Crippen molar-refractivity contribution in [2.75, 3.05) is 37.6 Å². The van der Waals surface area contributed by atoms with E-state index in [0.29, 0.717) is 5.95 Å². The number of anilines is 2. The number of aromatic nitrogens is 3. The maximum Gasteiger partial charge on any atom is 0.241 e. The smallest absolute Gasteiger partial charge is 0.241 e. The molecule has 134 valence electrons. The summed E-state index contributed by atoms with van der Waals surface area (Å²) < 4.78 is 1.57. The van der Waals surface area contributed by atoms with Crippen LogP contribution in [0.25, 0.3) is 5.69 Å². The van der Waals surface area contributed by atoms with Crippen molar-refractivity contribution in [3.8, 4) is 5.69 Å². The second-order valence-electron chi connectivity index (χ2n) is 7.16. The van der Waals surface area contributed by atoms with E-state index in [1.807, 2.05) is 12.1 Å². The molecule has 2 aliphatic heterocycles. The lowest BCUT2D eigenvalue weighted by molar-refractivity contribution is 0.122. The van der Waals surface area contributed by atoms with E-state index in [9.17, 15) is 0 Å². The van der Waals surface area contributed by atoms with Gasteiger partial charge in [-0.2, -0.15) is 9.67 Å². The van der Waals surface area contributed by atoms with Gasteiger partial charge in [0, 0.05) is 12.6 Å². The molecule has 4 rings (SSSR count). The highest BCUT2D eigenvalue weighted by atomic mass is 15.4. The van der Waals surface area contributed by atoms with Gasteiger partial charge in [0.05, 0.1) is 5.69 Å². The molecule has 2 aliphatic rings. The summed E-state index contributed by atoms with van der Waals surface area (Å²) in [4.78, 5) is 9.19. The molecule has 0 spiro atoms. The van der Waals surface area contributed by atoms with E-state index in [0.717, 1.165) is 18.3 Å². The lowest BCUT2D eigenvalue weighted by Gasteiger charge is -2.36. The summed E-state index contributed by atoms with van der Waals surface area (Å²) in [5.41, 5.74) is 13.6. The molecule has 2 aromatic rings. The third-order valence-corrected chi connectivity index (χ3v) is 5.45. The van der Waals surface area contributed by atoms with Gasteiger partial charge in [-0.15, -0.1) is 5.10 Å². The predicted molar refractivity (Wildman–Crippen MR) is 99.3 cm³/mol. The van der Waals surface area contributed by atoms with Crippen LogP contribution in [-0.2, 0) is 6.54 Å². The van der Waals surface area contributed by atoms with Crippen LogP contribution in [0.5, 0.6) is 0 Å². The Bertz CT molecular complexity index is 695. The Balaban J connectivity index is 1.33. The highest BCUT2D eigenvalue weighted by molar-refractivity contribution is 5.41. The van der Waals surface area contributed by atoms with E-state index >= 15 is 0 Å². The number of hydrogen-bond donors (Lipinski definition) is 2. The first kappa shape index (κ1) is 16.4. The summed E-state index contributed by atoms with van der Waals surface area (Å²) in [6.07, 6.45) is 5.36. The Hall–Kier alpha value is -2.12. The van der Waals surface area contributed by atoms with E-state index < -0.39 is 0 Å². The fourth-order valence-electron chi connectivity index (χ4n) is 4.08. The van der Waals surface area contributed by atoms with E-state index in [1.54, 1.807) is 4.68 Å². The Morgan fingerprint density at radius 3 is 2.24 bits per heavy atom. The van der Waals surface area contributed by atoms with Gasteiger partial charge in [0.15, 0.2) is 0 Å². The second-order valence-corrected chi connectivity index (χ2v) is 7.16. The minimum Gasteiger partial charge on any atom is -0.368 e. The number of nitrogen functional groups attached to an aromatic ring is 2. The van der Waals surface area contributed by atoms with Gasteiger partial charge in [0.25, 0.3) is 0 Å². The Morgan fingerprint density at radius 1 is 0.960 bits per heavy atom. The van der Waals surface area contributed by atoms with Gasteiger partial charge in [0.2, 0.25) is 11.9 Å². The van der Waals surface area contributed by atoms with Crippen LogP contribution in [0.4, 0.5) is 11.9 Å². The van der Waals surface area contributed by atoms with Crippen molar-refractivity contribution in [1.82, 2.24) is 24.6 Å². The SMILES string of the molecule is Nc1nc(N)n(-c2ccc(CN3CCC(N4CCCC4)CC3)cc2)n1. The highest BCUT2D eigenvalue weighted by Crippen LogP contribution is 2.22. The molecule has 7 heteroatoms. The van der Waals surface area contributed by atoms with E-state index in [2.05, 4.69) is 32.0 Å². The molecule has 0 saturated carbocycles. The maximum absolute atomic E-state index is 5.82. The first-order valence-electron chi connectivity index (χ1n) is 9.23. The molecule has 7 nitrogen and oxygen atoms in total. The lowest BCUT2D eigenvalue weighted by Crippen LogP contribution is -2.43. The molecule has 0 amide bonds. The summed E-state index contributed by atoms with van der Waals surface area (Å²) in [5.74, 6) is 0.511. The van der Waals surface area contributed by atoms with E-state index in [4.69, 9.17) is 11.5 Å². The van der Waals surface area contributed by atoms with Crippen molar-refractivity contribution >= 4 is 11.9 Å².